The summed E-state index contributed by atoms with van der Waals surface area (Å²) in [6.45, 7) is 15.1. The summed E-state index contributed by atoms with van der Waals surface area (Å²) in [7, 11) is 0. The van der Waals surface area contributed by atoms with E-state index in [4.69, 9.17) is 4.74 Å². The van der Waals surface area contributed by atoms with Gasteiger partial charge in [-0.2, -0.15) is 0 Å². The van der Waals surface area contributed by atoms with Crippen LogP contribution >= 0.6 is 0 Å². The number of amides is 1. The third kappa shape index (κ3) is 4.64. The van der Waals surface area contributed by atoms with E-state index in [0.29, 0.717) is 29.6 Å². The lowest BCUT2D eigenvalue weighted by Gasteiger charge is -2.67. The van der Waals surface area contributed by atoms with Crippen LogP contribution in [0, 0.1) is 46.3 Å². The highest BCUT2D eigenvalue weighted by Gasteiger charge is 2.68. The van der Waals surface area contributed by atoms with Gasteiger partial charge >= 0.3 is 5.97 Å². The maximum absolute atomic E-state index is 12.5. The van der Waals surface area contributed by atoms with E-state index in [1.165, 1.54) is 51.9 Å². The van der Waals surface area contributed by atoms with E-state index >= 15 is 0 Å². The fourth-order valence-corrected chi connectivity index (χ4v) is 10.2. The lowest BCUT2D eigenvalue weighted by Crippen LogP contribution is -2.75. The molecule has 4 aliphatic carbocycles. The van der Waals surface area contributed by atoms with Gasteiger partial charge in [-0.05, 0) is 91.3 Å². The highest BCUT2D eigenvalue weighted by Crippen LogP contribution is 2.69. The summed E-state index contributed by atoms with van der Waals surface area (Å²) in [6.07, 6.45) is 11.1. The first kappa shape index (κ1) is 27.9. The molecule has 0 unspecified atom stereocenters. The minimum absolute atomic E-state index is 0.0981. The van der Waals surface area contributed by atoms with E-state index in [1.54, 1.807) is 6.92 Å². The van der Waals surface area contributed by atoms with E-state index in [1.807, 2.05) is 0 Å². The van der Waals surface area contributed by atoms with Gasteiger partial charge in [0.05, 0.1) is 11.6 Å². The Bertz CT molecular complexity index is 827. The van der Waals surface area contributed by atoms with E-state index in [-0.39, 0.29) is 23.4 Å². The molecule has 0 bridgehead atoms. The van der Waals surface area contributed by atoms with E-state index < -0.39 is 11.6 Å². The molecule has 5 nitrogen and oxygen atoms in total. The van der Waals surface area contributed by atoms with E-state index in [2.05, 4.69) is 39.9 Å². The monoisotopic (exact) mass is 503 g/mol. The van der Waals surface area contributed by atoms with Gasteiger partial charge in [0, 0.05) is 20.3 Å². The average molecular weight is 504 g/mol. The Morgan fingerprint density at radius 2 is 1.72 bits per heavy atom. The quantitative estimate of drug-likeness (QED) is 0.402. The van der Waals surface area contributed by atoms with E-state index in [0.717, 1.165) is 37.0 Å². The molecule has 206 valence electrons. The zero-order valence-electron chi connectivity index (χ0n) is 24.1. The second-order valence-corrected chi connectivity index (χ2v) is 14.2. The minimum Gasteiger partial charge on any atom is -0.462 e. The van der Waals surface area contributed by atoms with Crippen molar-refractivity contribution in [2.75, 3.05) is 0 Å². The molecule has 36 heavy (non-hydrogen) atoms. The van der Waals surface area contributed by atoms with Crippen molar-refractivity contribution in [3.05, 3.63) is 0 Å². The molecular formula is C31H53NO4. The van der Waals surface area contributed by atoms with Gasteiger partial charge in [-0.1, -0.05) is 53.9 Å². The maximum Gasteiger partial charge on any atom is 0.302 e. The lowest BCUT2D eigenvalue weighted by atomic mass is 9.41. The first-order valence-corrected chi connectivity index (χ1v) is 15.0. The molecule has 0 spiro atoms. The Balaban J connectivity index is 1.58. The summed E-state index contributed by atoms with van der Waals surface area (Å²) in [4.78, 5) is 24.2. The van der Waals surface area contributed by atoms with Crippen LogP contribution in [0.2, 0.25) is 0 Å². The molecule has 4 aliphatic rings. The molecule has 4 saturated carbocycles. The first-order valence-electron chi connectivity index (χ1n) is 15.0. The highest BCUT2D eigenvalue weighted by molar-refractivity contribution is 5.74. The van der Waals surface area contributed by atoms with Crippen LogP contribution in [0.4, 0.5) is 0 Å². The van der Waals surface area contributed by atoms with Crippen LogP contribution in [0.25, 0.3) is 0 Å². The number of fused-ring (bicyclic) bond motifs is 5. The van der Waals surface area contributed by atoms with Gasteiger partial charge in [0.1, 0.15) is 6.10 Å². The molecule has 0 aromatic carbocycles. The van der Waals surface area contributed by atoms with Crippen LogP contribution in [0.5, 0.6) is 0 Å². The minimum atomic E-state index is -0.728. The zero-order valence-corrected chi connectivity index (χ0v) is 24.1. The number of aliphatic hydroxyl groups excluding tert-OH is 1. The predicted molar refractivity (Wildman–Crippen MR) is 143 cm³/mol. The number of esters is 1. The molecule has 0 aromatic heterocycles. The number of ether oxygens (including phenoxy) is 1. The van der Waals surface area contributed by atoms with Gasteiger partial charge in [0.15, 0.2) is 0 Å². The Morgan fingerprint density at radius 1 is 1.00 bits per heavy atom. The molecule has 0 aliphatic heterocycles. The topological polar surface area (TPSA) is 75.6 Å². The third-order valence-corrected chi connectivity index (χ3v) is 11.8. The standard InChI is InChI=1S/C31H53NO4/c1-19(2)9-8-10-20(3)25-11-12-26-24-17-28(35)31(32-21(4)33)18-23(36-22(5)34)13-16-30(31,7)27(24)14-15-29(25,26)6/h19-20,23-28,35H,8-18H2,1-7H3,(H,32,33)/t20-,23+,24+,25-,26+,27+,28-,29-,30-,31+/m1/s1. The number of aliphatic hydroxyl groups is 1. The molecule has 0 saturated heterocycles. The van der Waals surface area contributed by atoms with Gasteiger partial charge in [-0.15, -0.1) is 0 Å². The number of carbonyl (C=O) groups is 2. The van der Waals surface area contributed by atoms with Gasteiger partial charge in [0.2, 0.25) is 5.91 Å². The molecule has 0 radical (unpaired) electrons. The van der Waals surface area contributed by atoms with Crippen molar-refractivity contribution in [1.29, 1.82) is 0 Å². The number of hydrogen-bond donors (Lipinski definition) is 2. The van der Waals surface area contributed by atoms with Crippen LogP contribution in [0.1, 0.15) is 119 Å². The van der Waals surface area contributed by atoms with Crippen molar-refractivity contribution in [3.8, 4) is 0 Å². The molecule has 2 N–H and O–H groups in total. The number of hydrogen-bond acceptors (Lipinski definition) is 4. The molecule has 4 fully saturated rings. The van der Waals surface area contributed by atoms with Crippen molar-refractivity contribution < 1.29 is 19.4 Å². The van der Waals surface area contributed by atoms with Crippen molar-refractivity contribution in [1.82, 2.24) is 5.32 Å². The summed E-state index contributed by atoms with van der Waals surface area (Å²) in [5.74, 6) is 3.59. The van der Waals surface area contributed by atoms with Crippen LogP contribution in [-0.4, -0.2) is 34.7 Å². The molecule has 0 heterocycles. The van der Waals surface area contributed by atoms with Crippen molar-refractivity contribution in [2.24, 2.45) is 46.3 Å². The molecular weight excluding hydrogens is 450 g/mol. The lowest BCUT2D eigenvalue weighted by molar-refractivity contribution is -0.203. The maximum atomic E-state index is 12.5. The summed E-state index contributed by atoms with van der Waals surface area (Å²) >= 11 is 0. The average Bonchev–Trinajstić information content (AvgIpc) is 3.12. The molecule has 4 rings (SSSR count). The molecule has 5 heteroatoms. The second-order valence-electron chi connectivity index (χ2n) is 14.2. The second kappa shape index (κ2) is 10.2. The van der Waals surface area contributed by atoms with Gasteiger partial charge in [-0.25, -0.2) is 0 Å². The predicted octanol–water partition coefficient (Wildman–Crippen LogP) is 6.27. The van der Waals surface area contributed by atoms with Crippen LogP contribution in [0.3, 0.4) is 0 Å². The van der Waals surface area contributed by atoms with E-state index in [9.17, 15) is 14.7 Å². The fraction of sp³-hybridized carbons (Fsp3) is 0.935. The Morgan fingerprint density at radius 3 is 2.36 bits per heavy atom. The zero-order chi connectivity index (χ0) is 26.5. The fourth-order valence-electron chi connectivity index (χ4n) is 10.2. The summed E-state index contributed by atoms with van der Waals surface area (Å²) < 4.78 is 5.65. The Kier molecular flexibility index (Phi) is 7.93. The largest absolute Gasteiger partial charge is 0.462 e. The highest BCUT2D eigenvalue weighted by atomic mass is 16.5. The molecule has 10 atom stereocenters. The summed E-state index contributed by atoms with van der Waals surface area (Å²) in [5.41, 5.74) is -0.564. The first-order chi connectivity index (χ1) is 16.8. The van der Waals surface area contributed by atoms with Crippen molar-refractivity contribution >= 4 is 11.9 Å². The smallest absolute Gasteiger partial charge is 0.302 e. The van der Waals surface area contributed by atoms with Crippen LogP contribution in [0.15, 0.2) is 0 Å². The Hall–Kier alpha value is -1.10. The van der Waals surface area contributed by atoms with Gasteiger partial charge in [0.25, 0.3) is 0 Å². The van der Waals surface area contributed by atoms with Crippen LogP contribution < -0.4 is 5.32 Å². The van der Waals surface area contributed by atoms with Crippen molar-refractivity contribution in [3.63, 3.8) is 0 Å². The Labute approximate surface area is 219 Å². The van der Waals surface area contributed by atoms with Gasteiger partial charge in [-0.3, -0.25) is 9.59 Å². The normalized spacial score (nSPS) is 44.8. The van der Waals surface area contributed by atoms with Crippen molar-refractivity contribution in [2.45, 2.75) is 137 Å². The number of carbonyl (C=O) groups excluding carboxylic acids is 2. The third-order valence-electron chi connectivity index (χ3n) is 11.8. The molecule has 1 amide bonds. The SMILES string of the molecule is CC(=O)N[C@]12C[C@@H](OC(C)=O)CC[C@]1(C)[C@H]1CC[C@]3(C)[C@@H]([C@H](C)CCCC(C)C)CC[C@H]3[C@@H]1C[C@H]2O. The number of rotatable bonds is 7. The molecule has 0 aromatic rings. The summed E-state index contributed by atoms with van der Waals surface area (Å²) in [6, 6.07) is 0. The van der Waals surface area contributed by atoms with Crippen LogP contribution in [-0.2, 0) is 14.3 Å². The number of nitrogens with one attached hydrogen (secondary N) is 1. The summed E-state index contributed by atoms with van der Waals surface area (Å²) in [5, 5.41) is 15.1. The van der Waals surface area contributed by atoms with Gasteiger partial charge < -0.3 is 15.2 Å².